The summed E-state index contributed by atoms with van der Waals surface area (Å²) in [6.07, 6.45) is 3.10. The number of nitrogen functional groups attached to an aromatic ring is 2. The van der Waals surface area contributed by atoms with Crippen molar-refractivity contribution in [1.29, 1.82) is 0 Å². The van der Waals surface area contributed by atoms with Crippen molar-refractivity contribution < 1.29 is 9.53 Å². The third kappa shape index (κ3) is 3.47. The first-order valence-corrected chi connectivity index (χ1v) is 7.00. The van der Waals surface area contributed by atoms with Gasteiger partial charge >= 0.3 is 5.97 Å². The molecule has 0 saturated carbocycles. The number of carbonyl (C=O) groups excluding carboxylic acids is 1. The van der Waals surface area contributed by atoms with Gasteiger partial charge in [-0.1, -0.05) is 12.1 Å². The zero-order valence-electron chi connectivity index (χ0n) is 12.3. The van der Waals surface area contributed by atoms with Crippen LogP contribution in [0.25, 0.3) is 11.1 Å². The Hall–Kier alpha value is -3.34. The molecule has 0 unspecified atom stereocenters. The van der Waals surface area contributed by atoms with E-state index >= 15 is 0 Å². The van der Waals surface area contributed by atoms with Crippen molar-refractivity contribution >= 4 is 17.3 Å². The summed E-state index contributed by atoms with van der Waals surface area (Å²) >= 11 is 0. The van der Waals surface area contributed by atoms with Gasteiger partial charge in [-0.15, -0.1) is 0 Å². The molecule has 0 spiro atoms. The van der Waals surface area contributed by atoms with Crippen molar-refractivity contribution in [2.75, 3.05) is 11.5 Å². The van der Waals surface area contributed by atoms with Crippen LogP contribution in [-0.4, -0.2) is 11.0 Å². The quantitative estimate of drug-likeness (QED) is 0.573. The van der Waals surface area contributed by atoms with E-state index in [1.165, 1.54) is 6.20 Å². The zero-order valence-corrected chi connectivity index (χ0v) is 12.3. The maximum atomic E-state index is 12.1. The number of carbonyl (C=O) groups is 1. The fourth-order valence-electron chi connectivity index (χ4n) is 2.22. The van der Waals surface area contributed by atoms with Gasteiger partial charge in [0.15, 0.2) is 0 Å². The van der Waals surface area contributed by atoms with Crippen LogP contribution in [0.15, 0.2) is 67.0 Å². The molecule has 0 saturated heterocycles. The number of nitrogens with two attached hydrogens (primary N) is 2. The third-order valence-corrected chi connectivity index (χ3v) is 3.28. The Labute approximate surface area is 133 Å². The molecule has 0 fully saturated rings. The van der Waals surface area contributed by atoms with Crippen molar-refractivity contribution in [2.24, 2.45) is 0 Å². The summed E-state index contributed by atoms with van der Waals surface area (Å²) in [4.78, 5) is 16.0. The smallest absolute Gasteiger partial charge is 0.343 e. The lowest BCUT2D eigenvalue weighted by atomic mass is 10.0. The van der Waals surface area contributed by atoms with Gasteiger partial charge in [0.2, 0.25) is 0 Å². The van der Waals surface area contributed by atoms with Gasteiger partial charge in [0.25, 0.3) is 0 Å². The van der Waals surface area contributed by atoms with E-state index in [0.717, 1.165) is 11.1 Å². The van der Waals surface area contributed by atoms with Gasteiger partial charge in [0, 0.05) is 17.6 Å². The second-order valence-corrected chi connectivity index (χ2v) is 5.04. The molecule has 5 nitrogen and oxygen atoms in total. The van der Waals surface area contributed by atoms with E-state index in [9.17, 15) is 4.79 Å². The molecule has 0 aliphatic heterocycles. The highest BCUT2D eigenvalue weighted by Gasteiger charge is 2.09. The molecule has 0 bridgehead atoms. The van der Waals surface area contributed by atoms with E-state index in [-0.39, 0.29) is 0 Å². The maximum Gasteiger partial charge on any atom is 0.343 e. The van der Waals surface area contributed by atoms with E-state index < -0.39 is 5.97 Å². The summed E-state index contributed by atoms with van der Waals surface area (Å²) in [6, 6.07) is 15.8. The number of nitrogens with zero attached hydrogens (tertiary/aromatic N) is 1. The van der Waals surface area contributed by atoms with Gasteiger partial charge in [0.05, 0.1) is 11.8 Å². The number of esters is 1. The summed E-state index contributed by atoms with van der Waals surface area (Å²) in [5.41, 5.74) is 15.1. The van der Waals surface area contributed by atoms with Gasteiger partial charge in [-0.05, 0) is 53.6 Å². The lowest BCUT2D eigenvalue weighted by Gasteiger charge is -2.07. The first kappa shape index (κ1) is 14.6. The van der Waals surface area contributed by atoms with Crippen molar-refractivity contribution in [3.05, 3.63) is 72.6 Å². The highest BCUT2D eigenvalue weighted by Crippen LogP contribution is 2.25. The molecule has 3 rings (SSSR count). The minimum atomic E-state index is -0.434. The number of rotatable bonds is 3. The number of hydrogen-bond acceptors (Lipinski definition) is 5. The first-order chi connectivity index (χ1) is 11.1. The molecule has 3 aromatic rings. The average molecular weight is 305 g/mol. The van der Waals surface area contributed by atoms with Gasteiger partial charge < -0.3 is 16.2 Å². The molecule has 23 heavy (non-hydrogen) atoms. The normalized spacial score (nSPS) is 10.3. The van der Waals surface area contributed by atoms with E-state index in [2.05, 4.69) is 4.98 Å². The van der Waals surface area contributed by atoms with E-state index in [1.54, 1.807) is 36.5 Å². The number of hydrogen-bond donors (Lipinski definition) is 2. The minimum Gasteiger partial charge on any atom is -0.421 e. The summed E-state index contributed by atoms with van der Waals surface area (Å²) < 4.78 is 5.24. The van der Waals surface area contributed by atoms with Crippen molar-refractivity contribution in [3.63, 3.8) is 0 Å². The second-order valence-electron chi connectivity index (χ2n) is 5.04. The second kappa shape index (κ2) is 6.19. The fourth-order valence-corrected chi connectivity index (χ4v) is 2.22. The van der Waals surface area contributed by atoms with E-state index in [0.29, 0.717) is 22.7 Å². The molecule has 2 aromatic carbocycles. The molecule has 114 valence electrons. The van der Waals surface area contributed by atoms with Crippen LogP contribution >= 0.6 is 0 Å². The topological polar surface area (TPSA) is 91.2 Å². The molecule has 0 aliphatic rings. The molecule has 0 atom stereocenters. The molecular weight excluding hydrogens is 290 g/mol. The predicted octanol–water partition coefficient (Wildman–Crippen LogP) is 3.13. The molecule has 0 amide bonds. The molecule has 4 N–H and O–H groups in total. The lowest BCUT2D eigenvalue weighted by Crippen LogP contribution is -2.08. The van der Waals surface area contributed by atoms with Crippen LogP contribution in [0.1, 0.15) is 10.4 Å². The Morgan fingerprint density at radius 3 is 2.22 bits per heavy atom. The van der Waals surface area contributed by atoms with E-state index in [4.69, 9.17) is 16.2 Å². The molecule has 1 aromatic heterocycles. The minimum absolute atomic E-state index is 0.408. The molecule has 5 heteroatoms. The number of benzene rings is 2. The van der Waals surface area contributed by atoms with Gasteiger partial charge in [0.1, 0.15) is 5.75 Å². The summed E-state index contributed by atoms with van der Waals surface area (Å²) in [5.74, 6) is -0.0261. The average Bonchev–Trinajstić information content (AvgIpc) is 2.55. The Balaban J connectivity index is 1.80. The van der Waals surface area contributed by atoms with Gasteiger partial charge in [-0.25, -0.2) is 4.79 Å². The van der Waals surface area contributed by atoms with Crippen LogP contribution in [0.3, 0.4) is 0 Å². The van der Waals surface area contributed by atoms with Crippen LogP contribution in [-0.2, 0) is 0 Å². The lowest BCUT2D eigenvalue weighted by molar-refractivity contribution is 0.0734. The van der Waals surface area contributed by atoms with Crippen molar-refractivity contribution in [2.45, 2.75) is 0 Å². The highest BCUT2D eigenvalue weighted by atomic mass is 16.5. The number of ether oxygens (including phenoxy) is 1. The number of pyridine rings is 1. The third-order valence-electron chi connectivity index (χ3n) is 3.28. The van der Waals surface area contributed by atoms with Gasteiger partial charge in [-0.2, -0.15) is 0 Å². The molecule has 0 aliphatic carbocycles. The Morgan fingerprint density at radius 1 is 0.913 bits per heavy atom. The van der Waals surface area contributed by atoms with Crippen LogP contribution in [0.2, 0.25) is 0 Å². The zero-order chi connectivity index (χ0) is 16.2. The van der Waals surface area contributed by atoms with Crippen LogP contribution in [0, 0.1) is 0 Å². The Morgan fingerprint density at radius 2 is 1.61 bits per heavy atom. The fraction of sp³-hybridized carbons (Fsp3) is 0. The molecule has 0 radical (unpaired) electrons. The highest BCUT2D eigenvalue weighted by molar-refractivity contribution is 5.91. The Bertz CT molecular complexity index is 810. The predicted molar refractivity (Wildman–Crippen MR) is 89.9 cm³/mol. The SMILES string of the molecule is Nc1cc(N)cc(-c2ccc(C(=O)Oc3cccnc3)cc2)c1. The van der Waals surface area contributed by atoms with Crippen LogP contribution in [0.4, 0.5) is 11.4 Å². The molecule has 1 heterocycles. The summed E-state index contributed by atoms with van der Waals surface area (Å²) in [6.45, 7) is 0. The van der Waals surface area contributed by atoms with Crippen molar-refractivity contribution in [1.82, 2.24) is 4.98 Å². The largest absolute Gasteiger partial charge is 0.421 e. The van der Waals surface area contributed by atoms with Crippen molar-refractivity contribution in [3.8, 4) is 16.9 Å². The number of aromatic nitrogens is 1. The summed E-state index contributed by atoms with van der Waals surface area (Å²) in [7, 11) is 0. The summed E-state index contributed by atoms with van der Waals surface area (Å²) in [5, 5.41) is 0. The maximum absolute atomic E-state index is 12.1. The van der Waals surface area contributed by atoms with E-state index in [1.807, 2.05) is 24.3 Å². The molecular formula is C18H15N3O2. The first-order valence-electron chi connectivity index (χ1n) is 7.00. The monoisotopic (exact) mass is 305 g/mol. The number of anilines is 2. The van der Waals surface area contributed by atoms with Crippen LogP contribution < -0.4 is 16.2 Å². The van der Waals surface area contributed by atoms with Gasteiger partial charge in [-0.3, -0.25) is 4.98 Å². The van der Waals surface area contributed by atoms with Crippen LogP contribution in [0.5, 0.6) is 5.75 Å². The Kier molecular flexibility index (Phi) is 3.93. The standard InChI is InChI=1S/C18H15N3O2/c19-15-8-14(9-16(20)10-15)12-3-5-13(6-4-12)18(22)23-17-2-1-7-21-11-17/h1-11H,19-20H2.